The highest BCUT2D eigenvalue weighted by atomic mass is 19.1. The van der Waals surface area contributed by atoms with Crippen molar-refractivity contribution in [3.05, 3.63) is 29.6 Å². The number of carboxylic acid groups (broad SMARTS) is 1. The number of aliphatic carboxylic acids is 1. The van der Waals surface area contributed by atoms with Crippen LogP contribution in [0.1, 0.15) is 24.8 Å². The molecular formula is C17H22FNO5. The van der Waals surface area contributed by atoms with Crippen LogP contribution in [-0.2, 0) is 20.7 Å². The van der Waals surface area contributed by atoms with Gasteiger partial charge in [-0.05, 0) is 30.5 Å². The van der Waals surface area contributed by atoms with E-state index >= 15 is 0 Å². The van der Waals surface area contributed by atoms with Crippen molar-refractivity contribution in [3.63, 3.8) is 0 Å². The van der Waals surface area contributed by atoms with Gasteiger partial charge in [-0.1, -0.05) is 6.07 Å². The molecule has 0 aromatic heterocycles. The number of amides is 1. The first-order valence-electron chi connectivity index (χ1n) is 7.93. The van der Waals surface area contributed by atoms with Crippen molar-refractivity contribution in [2.45, 2.75) is 31.8 Å². The van der Waals surface area contributed by atoms with Crippen molar-refractivity contribution in [1.29, 1.82) is 0 Å². The maximum Gasteiger partial charge on any atom is 0.305 e. The minimum atomic E-state index is -0.962. The topological polar surface area (TPSA) is 76.1 Å². The number of methoxy groups -OCH3 is 1. The SMILES string of the molecule is COc1ccc(CC(=O)N(CCC(=O)O)C[C@@H]2CCCO2)cc1F. The molecule has 132 valence electrons. The van der Waals surface area contributed by atoms with E-state index in [-0.39, 0.29) is 37.1 Å². The zero-order valence-electron chi connectivity index (χ0n) is 13.7. The van der Waals surface area contributed by atoms with Gasteiger partial charge in [0.15, 0.2) is 11.6 Å². The van der Waals surface area contributed by atoms with Crippen molar-refractivity contribution in [2.75, 3.05) is 26.8 Å². The number of nitrogens with zero attached hydrogens (tertiary/aromatic N) is 1. The Morgan fingerprint density at radius 2 is 2.25 bits per heavy atom. The van der Waals surface area contributed by atoms with Gasteiger partial charge in [-0.3, -0.25) is 9.59 Å². The van der Waals surface area contributed by atoms with E-state index in [9.17, 15) is 14.0 Å². The number of carbonyl (C=O) groups is 2. The molecule has 0 saturated carbocycles. The van der Waals surface area contributed by atoms with Crippen LogP contribution in [-0.4, -0.2) is 54.8 Å². The summed E-state index contributed by atoms with van der Waals surface area (Å²) in [6.45, 7) is 1.15. The average molecular weight is 339 g/mol. The normalized spacial score (nSPS) is 16.8. The zero-order valence-corrected chi connectivity index (χ0v) is 13.7. The largest absolute Gasteiger partial charge is 0.494 e. The van der Waals surface area contributed by atoms with E-state index in [2.05, 4.69) is 0 Å². The van der Waals surface area contributed by atoms with Gasteiger partial charge >= 0.3 is 5.97 Å². The van der Waals surface area contributed by atoms with Gasteiger partial charge in [0, 0.05) is 19.7 Å². The summed E-state index contributed by atoms with van der Waals surface area (Å²) in [6.07, 6.45) is 1.61. The summed E-state index contributed by atoms with van der Waals surface area (Å²) in [5.74, 6) is -1.61. The van der Waals surface area contributed by atoms with Gasteiger partial charge in [-0.15, -0.1) is 0 Å². The Balaban J connectivity index is 2.02. The molecular weight excluding hydrogens is 317 g/mol. The van der Waals surface area contributed by atoms with Gasteiger partial charge in [0.05, 0.1) is 26.1 Å². The maximum atomic E-state index is 13.7. The second-order valence-corrected chi connectivity index (χ2v) is 5.76. The quantitative estimate of drug-likeness (QED) is 0.782. The molecule has 1 aromatic rings. The monoisotopic (exact) mass is 339 g/mol. The fourth-order valence-electron chi connectivity index (χ4n) is 2.69. The Morgan fingerprint density at radius 1 is 1.46 bits per heavy atom. The number of carboxylic acids is 1. The first-order chi connectivity index (χ1) is 11.5. The molecule has 1 N–H and O–H groups in total. The highest BCUT2D eigenvalue weighted by Gasteiger charge is 2.23. The third kappa shape index (κ3) is 5.19. The van der Waals surface area contributed by atoms with Gasteiger partial charge in [0.25, 0.3) is 0 Å². The number of hydrogen-bond acceptors (Lipinski definition) is 4. The fourth-order valence-corrected chi connectivity index (χ4v) is 2.69. The molecule has 1 aliphatic heterocycles. The van der Waals surface area contributed by atoms with Crippen LogP contribution >= 0.6 is 0 Å². The van der Waals surface area contributed by atoms with E-state index in [4.69, 9.17) is 14.6 Å². The van der Waals surface area contributed by atoms with Crippen molar-refractivity contribution in [3.8, 4) is 5.75 Å². The van der Waals surface area contributed by atoms with Crippen LogP contribution in [0.2, 0.25) is 0 Å². The van der Waals surface area contributed by atoms with Gasteiger partial charge in [0.2, 0.25) is 5.91 Å². The van der Waals surface area contributed by atoms with Gasteiger partial charge in [0.1, 0.15) is 0 Å². The second kappa shape index (κ2) is 8.63. The molecule has 1 heterocycles. The molecule has 0 radical (unpaired) electrons. The first kappa shape index (κ1) is 18.2. The smallest absolute Gasteiger partial charge is 0.305 e. The molecule has 1 aromatic carbocycles. The van der Waals surface area contributed by atoms with E-state index in [1.165, 1.54) is 24.1 Å². The summed E-state index contributed by atoms with van der Waals surface area (Å²) in [5, 5.41) is 8.86. The van der Waals surface area contributed by atoms with Crippen LogP contribution in [0.4, 0.5) is 4.39 Å². The van der Waals surface area contributed by atoms with Crippen LogP contribution in [0.3, 0.4) is 0 Å². The molecule has 7 heteroatoms. The molecule has 0 bridgehead atoms. The van der Waals surface area contributed by atoms with Crippen molar-refractivity contribution >= 4 is 11.9 Å². The second-order valence-electron chi connectivity index (χ2n) is 5.76. The molecule has 2 rings (SSSR count). The minimum Gasteiger partial charge on any atom is -0.494 e. The summed E-state index contributed by atoms with van der Waals surface area (Å²) in [5.41, 5.74) is 0.519. The summed E-state index contributed by atoms with van der Waals surface area (Å²) >= 11 is 0. The standard InChI is InChI=1S/C17H22FNO5/c1-23-15-5-4-12(9-14(15)18)10-16(20)19(7-6-17(21)22)11-13-3-2-8-24-13/h4-5,9,13H,2-3,6-8,10-11H2,1H3,(H,21,22)/t13-/m0/s1. The average Bonchev–Trinajstić information content (AvgIpc) is 3.04. The minimum absolute atomic E-state index is 0.00720. The van der Waals surface area contributed by atoms with Crippen LogP contribution < -0.4 is 4.74 Å². The van der Waals surface area contributed by atoms with E-state index in [1.54, 1.807) is 6.07 Å². The van der Waals surface area contributed by atoms with Crippen molar-refractivity contribution in [2.24, 2.45) is 0 Å². The summed E-state index contributed by atoms with van der Waals surface area (Å²) in [7, 11) is 1.37. The highest BCUT2D eigenvalue weighted by molar-refractivity contribution is 5.79. The molecule has 6 nitrogen and oxygen atoms in total. The molecule has 1 amide bonds. The Bertz CT molecular complexity index is 586. The number of hydrogen-bond donors (Lipinski definition) is 1. The number of carbonyl (C=O) groups excluding carboxylic acids is 1. The van der Waals surface area contributed by atoms with Gasteiger partial charge in [-0.25, -0.2) is 4.39 Å². The Kier molecular flexibility index (Phi) is 6.54. The van der Waals surface area contributed by atoms with E-state index in [0.29, 0.717) is 18.7 Å². The molecule has 1 aliphatic rings. The third-order valence-electron chi connectivity index (χ3n) is 3.97. The molecule has 1 fully saturated rings. The van der Waals surface area contributed by atoms with Crippen LogP contribution in [0.25, 0.3) is 0 Å². The summed E-state index contributed by atoms with van der Waals surface area (Å²) < 4.78 is 24.1. The lowest BCUT2D eigenvalue weighted by Gasteiger charge is -2.25. The van der Waals surface area contributed by atoms with E-state index < -0.39 is 11.8 Å². The van der Waals surface area contributed by atoms with Crippen molar-refractivity contribution in [1.82, 2.24) is 4.90 Å². The number of benzene rings is 1. The summed E-state index contributed by atoms with van der Waals surface area (Å²) in [6, 6.07) is 4.36. The lowest BCUT2D eigenvalue weighted by molar-refractivity contribution is -0.139. The van der Waals surface area contributed by atoms with Crippen molar-refractivity contribution < 1.29 is 28.6 Å². The molecule has 0 unspecified atom stereocenters. The predicted octanol–water partition coefficient (Wildman–Crippen LogP) is 1.86. The lowest BCUT2D eigenvalue weighted by atomic mass is 10.1. The molecule has 1 atom stereocenters. The highest BCUT2D eigenvalue weighted by Crippen LogP contribution is 2.19. The molecule has 0 aliphatic carbocycles. The Morgan fingerprint density at radius 3 is 2.83 bits per heavy atom. The van der Waals surface area contributed by atoms with Gasteiger partial charge < -0.3 is 19.5 Å². The van der Waals surface area contributed by atoms with E-state index in [0.717, 1.165) is 12.8 Å². The molecule has 0 spiro atoms. The summed E-state index contributed by atoms with van der Waals surface area (Å²) in [4.78, 5) is 24.8. The van der Waals surface area contributed by atoms with Crippen LogP contribution in [0, 0.1) is 5.82 Å². The Labute approximate surface area is 140 Å². The van der Waals surface area contributed by atoms with E-state index in [1.807, 2.05) is 0 Å². The maximum absolute atomic E-state index is 13.7. The van der Waals surface area contributed by atoms with Crippen LogP contribution in [0.15, 0.2) is 18.2 Å². The number of halogens is 1. The lowest BCUT2D eigenvalue weighted by Crippen LogP contribution is -2.39. The Hall–Kier alpha value is -2.15. The van der Waals surface area contributed by atoms with Crippen LogP contribution in [0.5, 0.6) is 5.75 Å². The zero-order chi connectivity index (χ0) is 17.5. The third-order valence-corrected chi connectivity index (χ3v) is 3.97. The number of ether oxygens (including phenoxy) is 2. The molecule has 24 heavy (non-hydrogen) atoms. The molecule has 1 saturated heterocycles. The van der Waals surface area contributed by atoms with Gasteiger partial charge in [-0.2, -0.15) is 0 Å². The number of rotatable bonds is 8. The predicted molar refractivity (Wildman–Crippen MR) is 84.5 cm³/mol. The first-order valence-corrected chi connectivity index (χ1v) is 7.93. The fraction of sp³-hybridized carbons (Fsp3) is 0.529.